The molecule has 1 aliphatic rings. The van der Waals surface area contributed by atoms with Gasteiger partial charge >= 0.3 is 6.03 Å². The number of benzene rings is 1. The number of hydrogen-bond acceptors (Lipinski definition) is 3. The number of nitrogens with one attached hydrogen (secondary N) is 1. The van der Waals surface area contributed by atoms with E-state index in [4.69, 9.17) is 0 Å². The molecule has 0 bridgehead atoms. The second kappa shape index (κ2) is 7.53. The molecule has 0 saturated carbocycles. The molecular formula is C16H17BrN2OS2. The third kappa shape index (κ3) is 4.06. The molecular weight excluding hydrogens is 380 g/mol. The van der Waals surface area contributed by atoms with Crippen LogP contribution in [0.3, 0.4) is 0 Å². The van der Waals surface area contributed by atoms with Crippen LogP contribution in [-0.4, -0.2) is 29.8 Å². The molecule has 6 heteroatoms. The molecule has 1 aromatic heterocycles. The van der Waals surface area contributed by atoms with Crippen molar-refractivity contribution >= 4 is 45.1 Å². The SMILES string of the molecule is O=C(NCCSc1ccc(Br)cc1)N1CCc2sccc2C1. The Labute approximate surface area is 147 Å². The van der Waals surface area contributed by atoms with Crippen LogP contribution in [0.15, 0.2) is 45.1 Å². The largest absolute Gasteiger partial charge is 0.337 e. The van der Waals surface area contributed by atoms with Crippen molar-refractivity contribution in [2.45, 2.75) is 17.9 Å². The summed E-state index contributed by atoms with van der Waals surface area (Å²) in [6, 6.07) is 10.4. The summed E-state index contributed by atoms with van der Waals surface area (Å²) in [4.78, 5) is 16.7. The van der Waals surface area contributed by atoms with E-state index >= 15 is 0 Å². The maximum Gasteiger partial charge on any atom is 0.317 e. The molecule has 3 nitrogen and oxygen atoms in total. The van der Waals surface area contributed by atoms with Crippen LogP contribution in [0, 0.1) is 0 Å². The van der Waals surface area contributed by atoms with E-state index in [1.54, 1.807) is 23.1 Å². The molecule has 0 aliphatic carbocycles. The second-order valence-electron chi connectivity index (χ2n) is 5.07. The summed E-state index contributed by atoms with van der Waals surface area (Å²) in [7, 11) is 0. The van der Waals surface area contributed by atoms with Gasteiger partial charge in [-0.05, 0) is 47.7 Å². The monoisotopic (exact) mass is 396 g/mol. The molecule has 0 saturated heterocycles. The van der Waals surface area contributed by atoms with E-state index in [9.17, 15) is 4.79 Å². The molecule has 1 N–H and O–H groups in total. The Balaban J connectivity index is 1.40. The van der Waals surface area contributed by atoms with Crippen molar-refractivity contribution in [3.63, 3.8) is 0 Å². The summed E-state index contributed by atoms with van der Waals surface area (Å²) in [5.41, 5.74) is 1.30. The Kier molecular flexibility index (Phi) is 5.44. The van der Waals surface area contributed by atoms with Crippen molar-refractivity contribution in [1.29, 1.82) is 0 Å². The number of thioether (sulfide) groups is 1. The summed E-state index contributed by atoms with van der Waals surface area (Å²) in [5.74, 6) is 0.880. The summed E-state index contributed by atoms with van der Waals surface area (Å²) >= 11 is 6.98. The minimum absolute atomic E-state index is 0.0493. The Morgan fingerprint density at radius 2 is 2.14 bits per heavy atom. The van der Waals surface area contributed by atoms with E-state index in [2.05, 4.69) is 44.8 Å². The fourth-order valence-corrected chi connectivity index (χ4v) is 4.31. The van der Waals surface area contributed by atoms with Gasteiger partial charge in [-0.2, -0.15) is 0 Å². The van der Waals surface area contributed by atoms with E-state index in [-0.39, 0.29) is 6.03 Å². The second-order valence-corrected chi connectivity index (χ2v) is 8.16. The van der Waals surface area contributed by atoms with Crippen LogP contribution in [0.4, 0.5) is 4.79 Å². The molecule has 2 heterocycles. The highest BCUT2D eigenvalue weighted by Crippen LogP contribution is 2.24. The van der Waals surface area contributed by atoms with E-state index in [0.717, 1.165) is 29.7 Å². The van der Waals surface area contributed by atoms with Gasteiger partial charge in [-0.3, -0.25) is 0 Å². The Morgan fingerprint density at radius 3 is 2.95 bits per heavy atom. The fraction of sp³-hybridized carbons (Fsp3) is 0.312. The number of fused-ring (bicyclic) bond motifs is 1. The minimum Gasteiger partial charge on any atom is -0.337 e. The fourth-order valence-electron chi connectivity index (χ4n) is 2.39. The van der Waals surface area contributed by atoms with E-state index < -0.39 is 0 Å². The first-order chi connectivity index (χ1) is 10.7. The Morgan fingerprint density at radius 1 is 1.32 bits per heavy atom. The van der Waals surface area contributed by atoms with Crippen LogP contribution in [0.5, 0.6) is 0 Å². The average molecular weight is 397 g/mol. The number of urea groups is 1. The molecule has 0 atom stereocenters. The summed E-state index contributed by atoms with van der Waals surface area (Å²) in [6.07, 6.45) is 0.980. The Hall–Kier alpha value is -0.980. The van der Waals surface area contributed by atoms with Crippen molar-refractivity contribution < 1.29 is 4.79 Å². The van der Waals surface area contributed by atoms with Gasteiger partial charge in [0.15, 0.2) is 0 Å². The van der Waals surface area contributed by atoms with Gasteiger partial charge in [0.2, 0.25) is 0 Å². The van der Waals surface area contributed by atoms with Gasteiger partial charge < -0.3 is 10.2 Å². The van der Waals surface area contributed by atoms with Gasteiger partial charge in [0.1, 0.15) is 0 Å². The summed E-state index contributed by atoms with van der Waals surface area (Å²) < 4.78 is 1.09. The first-order valence-electron chi connectivity index (χ1n) is 7.19. The van der Waals surface area contributed by atoms with E-state index in [0.29, 0.717) is 6.54 Å². The molecule has 0 unspecified atom stereocenters. The molecule has 0 radical (unpaired) electrons. The molecule has 3 rings (SSSR count). The highest BCUT2D eigenvalue weighted by molar-refractivity contribution is 9.10. The van der Waals surface area contributed by atoms with Gasteiger partial charge in [0.25, 0.3) is 0 Å². The number of halogens is 1. The number of carbonyl (C=O) groups is 1. The predicted molar refractivity (Wildman–Crippen MR) is 96.7 cm³/mol. The van der Waals surface area contributed by atoms with Crippen LogP contribution in [0.2, 0.25) is 0 Å². The maximum absolute atomic E-state index is 12.2. The maximum atomic E-state index is 12.2. The molecule has 2 amide bonds. The van der Waals surface area contributed by atoms with Crippen LogP contribution in [0.1, 0.15) is 10.4 Å². The molecule has 0 spiro atoms. The molecule has 1 aliphatic heterocycles. The standard InChI is InChI=1S/C16H17BrN2OS2/c17-13-1-3-14(4-2-13)21-10-7-18-16(20)19-8-5-15-12(11-19)6-9-22-15/h1-4,6,9H,5,7-8,10-11H2,(H,18,20). The lowest BCUT2D eigenvalue weighted by molar-refractivity contribution is 0.193. The van der Waals surface area contributed by atoms with Crippen molar-refractivity contribution in [2.75, 3.05) is 18.8 Å². The quantitative estimate of drug-likeness (QED) is 0.614. The topological polar surface area (TPSA) is 32.3 Å². The number of nitrogens with zero attached hydrogens (tertiary/aromatic N) is 1. The first-order valence-corrected chi connectivity index (χ1v) is 9.84. The van der Waals surface area contributed by atoms with Crippen LogP contribution in [0.25, 0.3) is 0 Å². The summed E-state index contributed by atoms with van der Waals surface area (Å²) in [5, 5.41) is 5.13. The van der Waals surface area contributed by atoms with Gasteiger partial charge in [-0.15, -0.1) is 23.1 Å². The van der Waals surface area contributed by atoms with E-state index in [1.807, 2.05) is 17.0 Å². The van der Waals surface area contributed by atoms with E-state index in [1.165, 1.54) is 15.3 Å². The van der Waals surface area contributed by atoms with Crippen LogP contribution in [-0.2, 0) is 13.0 Å². The minimum atomic E-state index is 0.0493. The van der Waals surface area contributed by atoms with Crippen molar-refractivity contribution in [2.24, 2.45) is 0 Å². The van der Waals surface area contributed by atoms with Crippen molar-refractivity contribution in [3.05, 3.63) is 50.6 Å². The predicted octanol–water partition coefficient (Wildman–Crippen LogP) is 4.37. The lowest BCUT2D eigenvalue weighted by Gasteiger charge is -2.27. The number of thiophene rings is 1. The van der Waals surface area contributed by atoms with Crippen LogP contribution >= 0.6 is 39.0 Å². The van der Waals surface area contributed by atoms with Gasteiger partial charge in [0.05, 0.1) is 0 Å². The first kappa shape index (κ1) is 15.9. The van der Waals surface area contributed by atoms with Crippen LogP contribution < -0.4 is 5.32 Å². The average Bonchev–Trinajstić information content (AvgIpc) is 3.00. The van der Waals surface area contributed by atoms with Gasteiger partial charge in [0, 0.05) is 39.6 Å². The zero-order chi connectivity index (χ0) is 15.4. The number of rotatable bonds is 4. The lowest BCUT2D eigenvalue weighted by atomic mass is 10.1. The lowest BCUT2D eigenvalue weighted by Crippen LogP contribution is -2.43. The Bertz CT molecular complexity index is 642. The highest BCUT2D eigenvalue weighted by atomic mass is 79.9. The highest BCUT2D eigenvalue weighted by Gasteiger charge is 2.20. The van der Waals surface area contributed by atoms with Gasteiger partial charge in [-0.25, -0.2) is 4.79 Å². The normalized spacial score (nSPS) is 13.8. The molecule has 1 aromatic carbocycles. The van der Waals surface area contributed by atoms with Crippen molar-refractivity contribution in [3.8, 4) is 0 Å². The third-order valence-corrected chi connectivity index (χ3v) is 6.12. The smallest absolute Gasteiger partial charge is 0.317 e. The molecule has 2 aromatic rings. The van der Waals surface area contributed by atoms with Crippen molar-refractivity contribution in [1.82, 2.24) is 10.2 Å². The molecule has 116 valence electrons. The zero-order valence-corrected chi connectivity index (χ0v) is 15.3. The van der Waals surface area contributed by atoms with Gasteiger partial charge in [-0.1, -0.05) is 15.9 Å². The number of amides is 2. The summed E-state index contributed by atoms with van der Waals surface area (Å²) in [6.45, 7) is 2.25. The molecule has 22 heavy (non-hydrogen) atoms. The number of carbonyl (C=O) groups excluding carboxylic acids is 1. The zero-order valence-electron chi connectivity index (χ0n) is 12.0. The molecule has 0 fully saturated rings. The third-order valence-electron chi connectivity index (χ3n) is 3.56. The number of hydrogen-bond donors (Lipinski definition) is 1.